The predicted octanol–water partition coefficient (Wildman–Crippen LogP) is 2.48. The first-order chi connectivity index (χ1) is 10.5. The molecule has 0 aliphatic rings. The van der Waals surface area contributed by atoms with Gasteiger partial charge in [0.25, 0.3) is 11.5 Å². The van der Waals surface area contributed by atoms with Gasteiger partial charge in [-0.15, -0.1) is 0 Å². The van der Waals surface area contributed by atoms with Gasteiger partial charge < -0.3 is 14.8 Å². The van der Waals surface area contributed by atoms with Crippen molar-refractivity contribution in [3.05, 3.63) is 58.5 Å². The molecule has 0 aliphatic heterocycles. The first kappa shape index (κ1) is 15.8. The topological polar surface area (TPSA) is 54.3 Å². The van der Waals surface area contributed by atoms with E-state index in [0.29, 0.717) is 11.3 Å². The van der Waals surface area contributed by atoms with Gasteiger partial charge >= 0.3 is 0 Å². The lowest BCUT2D eigenvalue weighted by atomic mass is 10.2. The first-order valence-electron chi connectivity index (χ1n) is 7.38. The summed E-state index contributed by atoms with van der Waals surface area (Å²) in [5.41, 5.74) is 1.98. The Labute approximate surface area is 130 Å². The molecule has 116 valence electrons. The molecule has 0 aliphatic carbocycles. The van der Waals surface area contributed by atoms with E-state index in [9.17, 15) is 9.59 Å². The Morgan fingerprint density at radius 1 is 1.14 bits per heavy atom. The van der Waals surface area contributed by atoms with Crippen LogP contribution in [0.15, 0.2) is 47.4 Å². The van der Waals surface area contributed by atoms with Gasteiger partial charge in [-0.2, -0.15) is 0 Å². The van der Waals surface area contributed by atoms with Crippen LogP contribution < -0.4 is 15.8 Å². The van der Waals surface area contributed by atoms with Crippen LogP contribution in [-0.4, -0.2) is 23.6 Å². The van der Waals surface area contributed by atoms with Crippen molar-refractivity contribution in [2.75, 3.05) is 23.3 Å². The van der Waals surface area contributed by atoms with E-state index in [1.807, 2.05) is 24.3 Å². The summed E-state index contributed by atoms with van der Waals surface area (Å²) in [6, 6.07) is 10.7. The van der Waals surface area contributed by atoms with Gasteiger partial charge in [0.2, 0.25) is 0 Å². The lowest BCUT2D eigenvalue weighted by molar-refractivity contribution is 0.102. The molecule has 1 aromatic heterocycles. The van der Waals surface area contributed by atoms with Gasteiger partial charge in [-0.25, -0.2) is 0 Å². The second-order valence-electron chi connectivity index (χ2n) is 5.04. The Hall–Kier alpha value is -2.56. The summed E-state index contributed by atoms with van der Waals surface area (Å²) in [6.07, 6.45) is 1.58. The smallest absolute Gasteiger partial charge is 0.255 e. The maximum Gasteiger partial charge on any atom is 0.255 e. The number of benzene rings is 1. The van der Waals surface area contributed by atoms with Crippen molar-refractivity contribution in [2.24, 2.45) is 7.05 Å². The molecule has 1 aromatic carbocycles. The highest BCUT2D eigenvalue weighted by Gasteiger charge is 2.08. The van der Waals surface area contributed by atoms with Gasteiger partial charge in [-0.3, -0.25) is 9.59 Å². The molecule has 1 amide bonds. The minimum Gasteiger partial charge on any atom is -0.372 e. The summed E-state index contributed by atoms with van der Waals surface area (Å²) >= 11 is 0. The van der Waals surface area contributed by atoms with Crippen molar-refractivity contribution in [1.82, 2.24) is 4.57 Å². The average Bonchev–Trinajstić information content (AvgIpc) is 2.52. The summed E-state index contributed by atoms with van der Waals surface area (Å²) in [5, 5.41) is 2.80. The lowest BCUT2D eigenvalue weighted by Gasteiger charge is -2.21. The number of hydrogen-bond acceptors (Lipinski definition) is 3. The average molecular weight is 299 g/mol. The normalized spacial score (nSPS) is 10.3. The molecule has 0 bridgehead atoms. The zero-order valence-electron chi connectivity index (χ0n) is 13.2. The van der Waals surface area contributed by atoms with Crippen LogP contribution in [0, 0.1) is 0 Å². The largest absolute Gasteiger partial charge is 0.372 e. The van der Waals surface area contributed by atoms with Crippen LogP contribution in [0.25, 0.3) is 0 Å². The Balaban J connectivity index is 2.11. The summed E-state index contributed by atoms with van der Waals surface area (Å²) in [6.45, 7) is 6.09. The van der Waals surface area contributed by atoms with Gasteiger partial charge in [-0.1, -0.05) is 0 Å². The van der Waals surface area contributed by atoms with Crippen molar-refractivity contribution in [3.8, 4) is 0 Å². The summed E-state index contributed by atoms with van der Waals surface area (Å²) in [7, 11) is 1.65. The van der Waals surface area contributed by atoms with Crippen molar-refractivity contribution < 1.29 is 4.79 Å². The lowest BCUT2D eigenvalue weighted by Crippen LogP contribution is -2.22. The number of amides is 1. The van der Waals surface area contributed by atoms with Crippen molar-refractivity contribution in [1.29, 1.82) is 0 Å². The van der Waals surface area contributed by atoms with Crippen molar-refractivity contribution >= 4 is 17.3 Å². The minimum absolute atomic E-state index is 0.204. The predicted molar refractivity (Wildman–Crippen MR) is 89.6 cm³/mol. The molecule has 0 radical (unpaired) electrons. The van der Waals surface area contributed by atoms with E-state index in [1.165, 1.54) is 10.6 Å². The highest BCUT2D eigenvalue weighted by atomic mass is 16.2. The highest BCUT2D eigenvalue weighted by Crippen LogP contribution is 2.18. The van der Waals surface area contributed by atoms with E-state index in [2.05, 4.69) is 24.1 Å². The fourth-order valence-electron chi connectivity index (χ4n) is 2.24. The molecule has 2 aromatic rings. The molecule has 22 heavy (non-hydrogen) atoms. The molecule has 0 fully saturated rings. The van der Waals surface area contributed by atoms with Gasteiger partial charge in [0, 0.05) is 49.3 Å². The Morgan fingerprint density at radius 2 is 1.77 bits per heavy atom. The molecule has 0 spiro atoms. The van der Waals surface area contributed by atoms with Crippen LogP contribution >= 0.6 is 0 Å². The van der Waals surface area contributed by atoms with Crippen molar-refractivity contribution in [3.63, 3.8) is 0 Å². The maximum atomic E-state index is 12.1. The highest BCUT2D eigenvalue weighted by molar-refractivity contribution is 6.04. The number of hydrogen-bond donors (Lipinski definition) is 1. The van der Waals surface area contributed by atoms with E-state index in [-0.39, 0.29) is 11.5 Å². The number of aryl methyl sites for hydroxylation is 1. The molecule has 0 saturated carbocycles. The number of anilines is 2. The molecular formula is C17H21N3O2. The molecule has 1 N–H and O–H groups in total. The van der Waals surface area contributed by atoms with Crippen molar-refractivity contribution in [2.45, 2.75) is 13.8 Å². The standard InChI is InChI=1S/C17H21N3O2/c1-4-20(5-2)15-8-6-14(7-9-15)18-17(22)13-10-11-19(3)16(21)12-13/h6-12H,4-5H2,1-3H3,(H,18,22). The molecule has 0 atom stereocenters. The third-order valence-electron chi connectivity index (χ3n) is 3.62. The van der Waals surface area contributed by atoms with E-state index in [4.69, 9.17) is 0 Å². The van der Waals surface area contributed by atoms with E-state index in [0.717, 1.165) is 18.8 Å². The van der Waals surface area contributed by atoms with Gasteiger partial charge in [0.15, 0.2) is 0 Å². The number of pyridine rings is 1. The Kier molecular flexibility index (Phi) is 4.99. The number of nitrogens with zero attached hydrogens (tertiary/aromatic N) is 2. The van der Waals surface area contributed by atoms with Crippen LogP contribution in [0.5, 0.6) is 0 Å². The Morgan fingerprint density at radius 3 is 2.32 bits per heavy atom. The monoisotopic (exact) mass is 299 g/mol. The molecule has 0 unspecified atom stereocenters. The van der Waals surface area contributed by atoms with E-state index >= 15 is 0 Å². The fraction of sp³-hybridized carbons (Fsp3) is 0.294. The van der Waals surface area contributed by atoms with Crippen LogP contribution in [-0.2, 0) is 7.05 Å². The fourth-order valence-corrected chi connectivity index (χ4v) is 2.24. The quantitative estimate of drug-likeness (QED) is 0.923. The number of carbonyl (C=O) groups is 1. The van der Waals surface area contributed by atoms with Crippen LogP contribution in [0.2, 0.25) is 0 Å². The summed E-state index contributed by atoms with van der Waals surface area (Å²) in [5.74, 6) is -0.284. The second kappa shape index (κ2) is 6.93. The third-order valence-corrected chi connectivity index (χ3v) is 3.62. The minimum atomic E-state index is -0.284. The number of carbonyl (C=O) groups excluding carboxylic acids is 1. The number of rotatable bonds is 5. The molecule has 0 saturated heterocycles. The van der Waals surface area contributed by atoms with Crippen LogP contribution in [0.3, 0.4) is 0 Å². The summed E-state index contributed by atoms with van der Waals surface area (Å²) < 4.78 is 1.43. The maximum absolute atomic E-state index is 12.1. The zero-order valence-corrected chi connectivity index (χ0v) is 13.2. The van der Waals surface area contributed by atoms with E-state index < -0.39 is 0 Å². The molecule has 2 rings (SSSR count). The number of nitrogens with one attached hydrogen (secondary N) is 1. The van der Waals surface area contributed by atoms with E-state index in [1.54, 1.807) is 19.3 Å². The molecule has 5 heteroatoms. The van der Waals surface area contributed by atoms with Crippen LogP contribution in [0.1, 0.15) is 24.2 Å². The third kappa shape index (κ3) is 3.55. The molecule has 5 nitrogen and oxygen atoms in total. The zero-order chi connectivity index (χ0) is 16.1. The Bertz CT molecular complexity index is 701. The SMILES string of the molecule is CCN(CC)c1ccc(NC(=O)c2ccn(C)c(=O)c2)cc1. The van der Waals surface area contributed by atoms with Crippen LogP contribution in [0.4, 0.5) is 11.4 Å². The first-order valence-corrected chi connectivity index (χ1v) is 7.38. The molecular weight excluding hydrogens is 278 g/mol. The summed E-state index contributed by atoms with van der Waals surface area (Å²) in [4.78, 5) is 25.9. The van der Waals surface area contributed by atoms with Gasteiger partial charge in [0.05, 0.1) is 0 Å². The van der Waals surface area contributed by atoms with Gasteiger partial charge in [0.1, 0.15) is 0 Å². The number of aromatic nitrogens is 1. The second-order valence-corrected chi connectivity index (χ2v) is 5.04. The molecule has 1 heterocycles. The van der Waals surface area contributed by atoms with Gasteiger partial charge in [-0.05, 0) is 44.2 Å².